The number of hydrogen-bond donors (Lipinski definition) is 1. The Labute approximate surface area is 88.0 Å². The summed E-state index contributed by atoms with van der Waals surface area (Å²) >= 11 is 0. The van der Waals surface area contributed by atoms with Gasteiger partial charge in [0, 0.05) is 17.7 Å². The van der Waals surface area contributed by atoms with Crippen LogP contribution >= 0.6 is 12.4 Å². The Morgan fingerprint density at radius 3 is 2.57 bits per heavy atom. The maximum Gasteiger partial charge on any atom is 0.130 e. The number of rotatable bonds is 3. The number of hydrogen-bond acceptors (Lipinski definition) is 1. The van der Waals surface area contributed by atoms with Gasteiger partial charge in [-0.25, -0.2) is 8.78 Å². The van der Waals surface area contributed by atoms with Crippen molar-refractivity contribution >= 4 is 12.4 Å². The fourth-order valence-electron chi connectivity index (χ4n) is 1.11. The van der Waals surface area contributed by atoms with Crippen LogP contribution in [0.1, 0.15) is 18.0 Å². The van der Waals surface area contributed by atoms with Crippen molar-refractivity contribution in [2.75, 3.05) is 0 Å². The van der Waals surface area contributed by atoms with E-state index in [0.29, 0.717) is 12.0 Å². The maximum absolute atomic E-state index is 13.1. The summed E-state index contributed by atoms with van der Waals surface area (Å²) in [6.07, 6.45) is 2.08. The topological polar surface area (TPSA) is 26.0 Å². The predicted octanol–water partition coefficient (Wildman–Crippen LogP) is 2.96. The van der Waals surface area contributed by atoms with Crippen molar-refractivity contribution < 1.29 is 8.78 Å². The van der Waals surface area contributed by atoms with Crippen LogP contribution in [-0.4, -0.2) is 0 Å². The standard InChI is InChI=1S/C10H11F2N.ClH/c1-2-3-10(13)8-5-4-7(11)6-9(8)12;/h2,4-6,10H,1,3,13H2;1H/t10-;/m1./s1. The normalized spacial score (nSPS) is 11.6. The average Bonchev–Trinajstić information content (AvgIpc) is 2.04. The van der Waals surface area contributed by atoms with Crippen molar-refractivity contribution in [1.29, 1.82) is 0 Å². The van der Waals surface area contributed by atoms with Gasteiger partial charge < -0.3 is 5.73 Å². The van der Waals surface area contributed by atoms with E-state index in [2.05, 4.69) is 6.58 Å². The molecule has 0 amide bonds. The van der Waals surface area contributed by atoms with Crippen LogP contribution in [0.2, 0.25) is 0 Å². The Kier molecular flexibility index (Phi) is 5.35. The molecule has 0 aliphatic carbocycles. The molecule has 0 bridgehead atoms. The van der Waals surface area contributed by atoms with Crippen molar-refractivity contribution in [2.24, 2.45) is 5.73 Å². The van der Waals surface area contributed by atoms with Gasteiger partial charge in [0.2, 0.25) is 0 Å². The van der Waals surface area contributed by atoms with E-state index in [9.17, 15) is 8.78 Å². The van der Waals surface area contributed by atoms with Crippen molar-refractivity contribution in [1.82, 2.24) is 0 Å². The van der Waals surface area contributed by atoms with Crippen LogP contribution in [-0.2, 0) is 0 Å². The molecule has 0 fully saturated rings. The van der Waals surface area contributed by atoms with Crippen LogP contribution in [0.3, 0.4) is 0 Å². The van der Waals surface area contributed by atoms with E-state index in [1.807, 2.05) is 0 Å². The largest absolute Gasteiger partial charge is 0.324 e. The highest BCUT2D eigenvalue weighted by molar-refractivity contribution is 5.85. The van der Waals surface area contributed by atoms with Gasteiger partial charge in [0.05, 0.1) is 0 Å². The molecule has 1 rings (SSSR count). The molecule has 4 heteroatoms. The molecule has 1 aromatic rings. The van der Waals surface area contributed by atoms with Gasteiger partial charge in [-0.15, -0.1) is 19.0 Å². The van der Waals surface area contributed by atoms with Gasteiger partial charge in [-0.2, -0.15) is 0 Å². The molecule has 0 aliphatic heterocycles. The van der Waals surface area contributed by atoms with Crippen LogP contribution < -0.4 is 5.73 Å². The van der Waals surface area contributed by atoms with Gasteiger partial charge in [-0.1, -0.05) is 12.1 Å². The minimum atomic E-state index is -0.602. The third-order valence-corrected chi connectivity index (χ3v) is 1.78. The first kappa shape index (κ1) is 13.1. The van der Waals surface area contributed by atoms with E-state index in [1.54, 1.807) is 6.08 Å². The molecule has 0 spiro atoms. The summed E-state index contributed by atoms with van der Waals surface area (Å²) in [5, 5.41) is 0. The first-order valence-corrected chi connectivity index (χ1v) is 3.96. The van der Waals surface area contributed by atoms with Crippen molar-refractivity contribution in [3.63, 3.8) is 0 Å². The summed E-state index contributed by atoms with van der Waals surface area (Å²) in [5.74, 6) is -1.19. The molecule has 0 radical (unpaired) electrons. The van der Waals surface area contributed by atoms with Gasteiger partial charge in [-0.05, 0) is 12.5 Å². The van der Waals surface area contributed by atoms with E-state index >= 15 is 0 Å². The minimum absolute atomic E-state index is 0. The Hall–Kier alpha value is -0.930. The molecule has 14 heavy (non-hydrogen) atoms. The fourth-order valence-corrected chi connectivity index (χ4v) is 1.11. The lowest BCUT2D eigenvalue weighted by molar-refractivity contribution is 0.556. The van der Waals surface area contributed by atoms with E-state index < -0.39 is 17.7 Å². The summed E-state index contributed by atoms with van der Waals surface area (Å²) in [5.41, 5.74) is 5.94. The summed E-state index contributed by atoms with van der Waals surface area (Å²) in [4.78, 5) is 0. The third kappa shape index (κ3) is 3.09. The number of halogens is 3. The highest BCUT2D eigenvalue weighted by Gasteiger charge is 2.10. The molecule has 0 saturated carbocycles. The predicted molar refractivity (Wildman–Crippen MR) is 55.3 cm³/mol. The smallest absolute Gasteiger partial charge is 0.130 e. The highest BCUT2D eigenvalue weighted by atomic mass is 35.5. The van der Waals surface area contributed by atoms with Gasteiger partial charge >= 0.3 is 0 Å². The second-order valence-corrected chi connectivity index (χ2v) is 2.80. The monoisotopic (exact) mass is 219 g/mol. The molecule has 0 aromatic heterocycles. The zero-order valence-corrected chi connectivity index (χ0v) is 8.36. The SMILES string of the molecule is C=CC[C@@H](N)c1ccc(F)cc1F.Cl. The van der Waals surface area contributed by atoms with Gasteiger partial charge in [-0.3, -0.25) is 0 Å². The molecule has 2 N–H and O–H groups in total. The molecule has 1 atom stereocenters. The maximum atomic E-state index is 13.1. The summed E-state index contributed by atoms with van der Waals surface area (Å²) in [7, 11) is 0. The first-order chi connectivity index (χ1) is 6.15. The molecular weight excluding hydrogens is 208 g/mol. The third-order valence-electron chi connectivity index (χ3n) is 1.78. The quantitative estimate of drug-likeness (QED) is 0.778. The number of benzene rings is 1. The molecule has 0 aliphatic rings. The summed E-state index contributed by atoms with van der Waals surface area (Å²) < 4.78 is 25.6. The van der Waals surface area contributed by atoms with Crippen LogP contribution in [0.15, 0.2) is 30.9 Å². The Morgan fingerprint density at radius 2 is 2.07 bits per heavy atom. The minimum Gasteiger partial charge on any atom is -0.324 e. The van der Waals surface area contributed by atoms with Crippen LogP contribution in [0.5, 0.6) is 0 Å². The van der Waals surface area contributed by atoms with Crippen molar-refractivity contribution in [2.45, 2.75) is 12.5 Å². The lowest BCUT2D eigenvalue weighted by atomic mass is 10.0. The summed E-state index contributed by atoms with van der Waals surface area (Å²) in [6, 6.07) is 2.94. The van der Waals surface area contributed by atoms with Gasteiger partial charge in [0.15, 0.2) is 0 Å². The van der Waals surface area contributed by atoms with Gasteiger partial charge in [0.1, 0.15) is 11.6 Å². The molecule has 78 valence electrons. The Morgan fingerprint density at radius 1 is 1.43 bits per heavy atom. The molecule has 0 unspecified atom stereocenters. The van der Waals surface area contributed by atoms with E-state index in [1.165, 1.54) is 12.1 Å². The van der Waals surface area contributed by atoms with E-state index in [4.69, 9.17) is 5.73 Å². The number of nitrogens with two attached hydrogens (primary N) is 1. The molecule has 0 saturated heterocycles. The molecule has 0 heterocycles. The van der Waals surface area contributed by atoms with Crippen LogP contribution in [0.25, 0.3) is 0 Å². The molecule has 1 nitrogen and oxygen atoms in total. The molecule has 1 aromatic carbocycles. The van der Waals surface area contributed by atoms with Crippen LogP contribution in [0, 0.1) is 11.6 Å². The first-order valence-electron chi connectivity index (χ1n) is 3.96. The summed E-state index contributed by atoms with van der Waals surface area (Å²) in [6.45, 7) is 3.50. The van der Waals surface area contributed by atoms with Crippen molar-refractivity contribution in [3.8, 4) is 0 Å². The van der Waals surface area contributed by atoms with Crippen LogP contribution in [0.4, 0.5) is 8.78 Å². The molecular formula is C10H12ClF2N. The lowest BCUT2D eigenvalue weighted by Crippen LogP contribution is -2.11. The Balaban J connectivity index is 0.00000169. The van der Waals surface area contributed by atoms with E-state index in [-0.39, 0.29) is 12.4 Å². The highest BCUT2D eigenvalue weighted by Crippen LogP contribution is 2.18. The van der Waals surface area contributed by atoms with E-state index in [0.717, 1.165) is 6.07 Å². The fraction of sp³-hybridized carbons (Fsp3) is 0.200. The second-order valence-electron chi connectivity index (χ2n) is 2.80. The lowest BCUT2D eigenvalue weighted by Gasteiger charge is -2.09. The van der Waals surface area contributed by atoms with Gasteiger partial charge in [0.25, 0.3) is 0 Å². The second kappa shape index (κ2) is 5.73. The zero-order chi connectivity index (χ0) is 9.84. The Bertz CT molecular complexity index is 315. The zero-order valence-electron chi connectivity index (χ0n) is 7.54. The average molecular weight is 220 g/mol. The van der Waals surface area contributed by atoms with Crippen molar-refractivity contribution in [3.05, 3.63) is 48.1 Å².